The number of carbonyl (C=O) groups excluding carboxylic acids is 1. The van der Waals surface area contributed by atoms with Crippen molar-refractivity contribution in [3.63, 3.8) is 0 Å². The van der Waals surface area contributed by atoms with Crippen LogP contribution in [0.4, 0.5) is 0 Å². The van der Waals surface area contributed by atoms with Crippen LogP contribution in [0.5, 0.6) is 0 Å². The first kappa shape index (κ1) is 15.3. The molecular formula is C15H20N2O4. The second-order valence-electron chi connectivity index (χ2n) is 5.46. The van der Waals surface area contributed by atoms with Gasteiger partial charge in [0.25, 0.3) is 5.56 Å². The maximum Gasteiger partial charge on any atom is 0.308 e. The van der Waals surface area contributed by atoms with Crippen LogP contribution in [0.15, 0.2) is 29.2 Å². The number of carboxylic acid groups (broad SMARTS) is 1. The number of nitrogens with zero attached hydrogens (tertiary/aromatic N) is 2. The van der Waals surface area contributed by atoms with Gasteiger partial charge in [0, 0.05) is 25.4 Å². The van der Waals surface area contributed by atoms with E-state index in [1.807, 2.05) is 6.92 Å². The summed E-state index contributed by atoms with van der Waals surface area (Å²) in [5, 5.41) is 9.25. The predicted octanol–water partition coefficient (Wildman–Crippen LogP) is 0.808. The standard InChI is InChI=1S/C15H20N2O4/c1-2-5-11-8-17(9-12(11)15(20)21)14(19)10-16-7-4-3-6-13(16)18/h3-4,6-7,11-12H,2,5,8-10H2,1H3,(H,20,21). The van der Waals surface area contributed by atoms with Gasteiger partial charge in [-0.25, -0.2) is 0 Å². The molecule has 0 radical (unpaired) electrons. The van der Waals surface area contributed by atoms with Crippen LogP contribution in [0, 0.1) is 11.8 Å². The summed E-state index contributed by atoms with van der Waals surface area (Å²) in [6.07, 6.45) is 3.26. The highest BCUT2D eigenvalue weighted by atomic mass is 16.4. The summed E-state index contributed by atoms with van der Waals surface area (Å²) in [5.41, 5.74) is -0.232. The maximum absolute atomic E-state index is 12.3. The van der Waals surface area contributed by atoms with Gasteiger partial charge in [0.05, 0.1) is 5.92 Å². The van der Waals surface area contributed by atoms with Gasteiger partial charge in [0.1, 0.15) is 6.54 Å². The minimum absolute atomic E-state index is 0.00365. The number of pyridine rings is 1. The minimum Gasteiger partial charge on any atom is -0.481 e. The molecule has 2 heterocycles. The summed E-state index contributed by atoms with van der Waals surface area (Å²) in [4.78, 5) is 36.7. The molecule has 0 bridgehead atoms. The third-order valence-corrected chi connectivity index (χ3v) is 3.97. The van der Waals surface area contributed by atoms with Crippen molar-refractivity contribution >= 4 is 11.9 Å². The van der Waals surface area contributed by atoms with Crippen LogP contribution in [-0.4, -0.2) is 39.5 Å². The molecule has 2 atom stereocenters. The van der Waals surface area contributed by atoms with E-state index < -0.39 is 11.9 Å². The highest BCUT2D eigenvalue weighted by molar-refractivity contribution is 5.78. The highest BCUT2D eigenvalue weighted by Gasteiger charge is 2.38. The first-order valence-corrected chi connectivity index (χ1v) is 7.19. The minimum atomic E-state index is -0.847. The summed E-state index contributed by atoms with van der Waals surface area (Å²) in [5.74, 6) is -1.54. The second-order valence-corrected chi connectivity index (χ2v) is 5.46. The zero-order valence-corrected chi connectivity index (χ0v) is 12.1. The fraction of sp³-hybridized carbons (Fsp3) is 0.533. The SMILES string of the molecule is CCCC1CN(C(=O)Cn2ccccc2=O)CC1C(=O)O. The molecule has 1 aromatic rings. The molecule has 0 aromatic carbocycles. The average molecular weight is 292 g/mol. The van der Waals surface area contributed by atoms with Crippen molar-refractivity contribution in [2.45, 2.75) is 26.3 Å². The van der Waals surface area contributed by atoms with Crippen LogP contribution >= 0.6 is 0 Å². The second kappa shape index (κ2) is 6.56. The predicted molar refractivity (Wildman–Crippen MR) is 76.8 cm³/mol. The molecule has 0 saturated carbocycles. The molecule has 6 nitrogen and oxygen atoms in total. The highest BCUT2D eigenvalue weighted by Crippen LogP contribution is 2.27. The van der Waals surface area contributed by atoms with Gasteiger partial charge in [-0.15, -0.1) is 0 Å². The fourth-order valence-corrected chi connectivity index (χ4v) is 2.85. The van der Waals surface area contributed by atoms with Gasteiger partial charge < -0.3 is 14.6 Å². The molecule has 21 heavy (non-hydrogen) atoms. The number of aromatic nitrogens is 1. The van der Waals surface area contributed by atoms with Gasteiger partial charge >= 0.3 is 5.97 Å². The molecule has 1 aliphatic rings. The molecule has 1 amide bonds. The van der Waals surface area contributed by atoms with Crippen LogP contribution < -0.4 is 5.56 Å². The molecular weight excluding hydrogens is 272 g/mol. The van der Waals surface area contributed by atoms with Gasteiger partial charge in [-0.2, -0.15) is 0 Å². The molecule has 2 unspecified atom stereocenters. The summed E-state index contributed by atoms with van der Waals surface area (Å²) >= 11 is 0. The molecule has 1 N–H and O–H groups in total. The third kappa shape index (κ3) is 3.51. The number of carbonyl (C=O) groups is 2. The number of carboxylic acids is 1. The Labute approximate surface area is 123 Å². The van der Waals surface area contributed by atoms with Gasteiger partial charge in [-0.1, -0.05) is 19.4 Å². The van der Waals surface area contributed by atoms with E-state index >= 15 is 0 Å². The number of hydrogen-bond donors (Lipinski definition) is 1. The van der Waals surface area contributed by atoms with Gasteiger partial charge in [0.15, 0.2) is 0 Å². The van der Waals surface area contributed by atoms with Crippen molar-refractivity contribution in [1.82, 2.24) is 9.47 Å². The monoisotopic (exact) mass is 292 g/mol. The lowest BCUT2D eigenvalue weighted by Gasteiger charge is -2.16. The summed E-state index contributed by atoms with van der Waals surface area (Å²) in [7, 11) is 0. The van der Waals surface area contributed by atoms with E-state index in [0.29, 0.717) is 6.54 Å². The Hall–Kier alpha value is -2.11. The summed E-state index contributed by atoms with van der Waals surface area (Å²) in [6.45, 7) is 2.67. The lowest BCUT2D eigenvalue weighted by molar-refractivity contribution is -0.142. The quantitative estimate of drug-likeness (QED) is 0.871. The topological polar surface area (TPSA) is 79.6 Å². The zero-order valence-electron chi connectivity index (χ0n) is 12.1. The molecule has 6 heteroatoms. The van der Waals surface area contributed by atoms with Crippen LogP contribution in [0.3, 0.4) is 0 Å². The number of hydrogen-bond acceptors (Lipinski definition) is 3. The molecule has 0 aliphatic carbocycles. The van der Waals surface area contributed by atoms with E-state index in [2.05, 4.69) is 0 Å². The van der Waals surface area contributed by atoms with Crippen LogP contribution in [-0.2, 0) is 16.1 Å². The van der Waals surface area contributed by atoms with Crippen molar-refractivity contribution in [2.75, 3.05) is 13.1 Å². The first-order chi connectivity index (χ1) is 10.0. The molecule has 1 aromatic heterocycles. The summed E-state index contributed by atoms with van der Waals surface area (Å²) in [6, 6.07) is 4.71. The van der Waals surface area contributed by atoms with E-state index in [1.165, 1.54) is 10.6 Å². The number of aliphatic carboxylic acids is 1. The molecule has 2 rings (SSSR count). The summed E-state index contributed by atoms with van der Waals surface area (Å²) < 4.78 is 1.34. The Kier molecular flexibility index (Phi) is 4.77. The third-order valence-electron chi connectivity index (χ3n) is 3.97. The Morgan fingerprint density at radius 1 is 1.33 bits per heavy atom. The Balaban J connectivity index is 2.05. The van der Waals surface area contributed by atoms with Crippen LogP contribution in [0.1, 0.15) is 19.8 Å². The number of likely N-dealkylation sites (tertiary alicyclic amines) is 1. The van der Waals surface area contributed by atoms with Crippen molar-refractivity contribution in [3.8, 4) is 0 Å². The average Bonchev–Trinajstić information content (AvgIpc) is 2.86. The molecule has 0 spiro atoms. The number of amides is 1. The van der Waals surface area contributed by atoms with Crippen LogP contribution in [0.2, 0.25) is 0 Å². The Morgan fingerprint density at radius 3 is 2.71 bits per heavy atom. The normalized spacial score (nSPS) is 21.5. The fourth-order valence-electron chi connectivity index (χ4n) is 2.85. The molecule has 1 fully saturated rings. The Morgan fingerprint density at radius 2 is 2.10 bits per heavy atom. The van der Waals surface area contributed by atoms with Crippen molar-refractivity contribution in [1.29, 1.82) is 0 Å². The maximum atomic E-state index is 12.3. The molecule has 1 aliphatic heterocycles. The van der Waals surface area contributed by atoms with E-state index in [-0.39, 0.29) is 30.5 Å². The van der Waals surface area contributed by atoms with E-state index in [0.717, 1.165) is 12.8 Å². The van der Waals surface area contributed by atoms with Crippen molar-refractivity contribution in [3.05, 3.63) is 34.7 Å². The first-order valence-electron chi connectivity index (χ1n) is 7.19. The number of rotatable bonds is 5. The molecule has 1 saturated heterocycles. The van der Waals surface area contributed by atoms with Crippen molar-refractivity contribution < 1.29 is 14.7 Å². The van der Waals surface area contributed by atoms with Gasteiger partial charge in [-0.05, 0) is 18.4 Å². The zero-order chi connectivity index (χ0) is 15.4. The lowest BCUT2D eigenvalue weighted by Crippen LogP contribution is -2.35. The van der Waals surface area contributed by atoms with Gasteiger partial charge in [0.2, 0.25) is 5.91 Å². The van der Waals surface area contributed by atoms with Gasteiger partial charge in [-0.3, -0.25) is 14.4 Å². The molecule has 114 valence electrons. The van der Waals surface area contributed by atoms with Crippen molar-refractivity contribution in [2.24, 2.45) is 11.8 Å². The largest absolute Gasteiger partial charge is 0.481 e. The lowest BCUT2D eigenvalue weighted by atomic mass is 9.92. The van der Waals surface area contributed by atoms with E-state index in [4.69, 9.17) is 0 Å². The Bertz CT molecular complexity index is 581. The smallest absolute Gasteiger partial charge is 0.308 e. The van der Waals surface area contributed by atoms with E-state index in [9.17, 15) is 19.5 Å². The van der Waals surface area contributed by atoms with E-state index in [1.54, 1.807) is 23.2 Å². The van der Waals surface area contributed by atoms with Crippen LogP contribution in [0.25, 0.3) is 0 Å².